The van der Waals surface area contributed by atoms with Gasteiger partial charge in [-0.05, 0) is 82.2 Å². The van der Waals surface area contributed by atoms with Crippen LogP contribution in [0, 0.1) is 6.92 Å². The summed E-state index contributed by atoms with van der Waals surface area (Å²) in [6, 6.07) is 17.8. The molecule has 1 saturated heterocycles. The Bertz CT molecular complexity index is 1390. The molecule has 0 unspecified atom stereocenters. The largest absolute Gasteiger partial charge is 0.493 e. The van der Waals surface area contributed by atoms with Crippen LogP contribution in [-0.4, -0.2) is 35.7 Å². The lowest BCUT2D eigenvalue weighted by molar-refractivity contribution is -0.123. The number of methoxy groups -OCH3 is 1. The maximum Gasteiger partial charge on any atom is 0.293 e. The highest BCUT2D eigenvalue weighted by molar-refractivity contribution is 9.10. The van der Waals surface area contributed by atoms with Crippen molar-refractivity contribution >= 4 is 68.1 Å². The van der Waals surface area contributed by atoms with Gasteiger partial charge < -0.3 is 14.8 Å². The number of thioether (sulfide) groups is 1. The highest BCUT2D eigenvalue weighted by Crippen LogP contribution is 2.35. The lowest BCUT2D eigenvalue weighted by Crippen LogP contribution is -2.27. The molecule has 1 fully saturated rings. The van der Waals surface area contributed by atoms with Crippen molar-refractivity contribution in [1.29, 1.82) is 0 Å². The first-order valence-corrected chi connectivity index (χ1v) is 13.1. The molecular formula is C27H22BrClN2O5S. The Balaban J connectivity index is 1.41. The average Bonchev–Trinajstić information content (AvgIpc) is 3.13. The number of carbonyl (C=O) groups is 3. The molecule has 3 aromatic carbocycles. The third-order valence-corrected chi connectivity index (χ3v) is 7.52. The maximum absolute atomic E-state index is 12.9. The molecule has 3 aromatic rings. The number of imide groups is 1. The molecule has 4 rings (SSSR count). The number of aryl methyl sites for hydroxylation is 1. The summed E-state index contributed by atoms with van der Waals surface area (Å²) in [5.41, 5.74) is 3.18. The summed E-state index contributed by atoms with van der Waals surface area (Å²) in [6.07, 6.45) is 1.64. The number of nitrogens with one attached hydrogen (secondary N) is 1. The molecular weight excluding hydrogens is 580 g/mol. The van der Waals surface area contributed by atoms with E-state index in [2.05, 4.69) is 21.2 Å². The van der Waals surface area contributed by atoms with Gasteiger partial charge in [0.25, 0.3) is 17.1 Å². The number of ether oxygens (including phenoxy) is 2. The van der Waals surface area contributed by atoms with Crippen LogP contribution in [0.3, 0.4) is 0 Å². The fourth-order valence-electron chi connectivity index (χ4n) is 3.47. The van der Waals surface area contributed by atoms with Crippen molar-refractivity contribution in [2.75, 3.05) is 19.0 Å². The van der Waals surface area contributed by atoms with E-state index in [4.69, 9.17) is 21.1 Å². The van der Waals surface area contributed by atoms with Crippen LogP contribution in [-0.2, 0) is 16.1 Å². The molecule has 0 radical (unpaired) electrons. The van der Waals surface area contributed by atoms with Crippen molar-refractivity contribution < 1.29 is 23.9 Å². The van der Waals surface area contributed by atoms with Crippen LogP contribution in [0.2, 0.25) is 5.02 Å². The van der Waals surface area contributed by atoms with Gasteiger partial charge in [-0.2, -0.15) is 0 Å². The van der Waals surface area contributed by atoms with Gasteiger partial charge in [-0.15, -0.1) is 0 Å². The predicted molar refractivity (Wildman–Crippen MR) is 149 cm³/mol. The minimum absolute atomic E-state index is 0.215. The van der Waals surface area contributed by atoms with Gasteiger partial charge in [0.05, 0.1) is 23.6 Å². The Hall–Kier alpha value is -3.27. The standard InChI is InChI=1S/C27H22BrClN2O5S/c1-16-3-5-17(6-4-16)14-31-26(33)24(37-27(31)34)12-18-7-10-22(23(11-18)35-2)36-15-25(32)30-19-8-9-20(28)21(29)13-19/h3-13H,14-15H2,1-2H3,(H,30,32)/b24-12-. The van der Waals surface area contributed by atoms with Crippen molar-refractivity contribution in [3.05, 3.63) is 91.8 Å². The third kappa shape index (κ3) is 6.74. The molecule has 3 amide bonds. The maximum atomic E-state index is 12.9. The molecule has 10 heteroatoms. The van der Waals surface area contributed by atoms with Crippen molar-refractivity contribution in [3.8, 4) is 11.5 Å². The van der Waals surface area contributed by atoms with E-state index in [-0.39, 0.29) is 30.2 Å². The van der Waals surface area contributed by atoms with Crippen LogP contribution in [0.25, 0.3) is 6.08 Å². The zero-order chi connectivity index (χ0) is 26.5. The van der Waals surface area contributed by atoms with E-state index in [1.807, 2.05) is 31.2 Å². The van der Waals surface area contributed by atoms with Crippen LogP contribution in [0.5, 0.6) is 11.5 Å². The predicted octanol–water partition coefficient (Wildman–Crippen LogP) is 6.67. The van der Waals surface area contributed by atoms with E-state index in [9.17, 15) is 14.4 Å². The van der Waals surface area contributed by atoms with Crippen molar-refractivity contribution in [2.24, 2.45) is 0 Å². The lowest BCUT2D eigenvalue weighted by Gasteiger charge is -2.13. The number of carbonyl (C=O) groups excluding carboxylic acids is 3. The third-order valence-electron chi connectivity index (χ3n) is 5.38. The number of halogens is 2. The Kier molecular flexibility index (Phi) is 8.58. The first-order chi connectivity index (χ1) is 17.7. The quantitative estimate of drug-likeness (QED) is 0.290. The number of anilines is 1. The number of benzene rings is 3. The minimum atomic E-state index is -0.369. The molecule has 37 heavy (non-hydrogen) atoms. The van der Waals surface area contributed by atoms with Crippen molar-refractivity contribution in [1.82, 2.24) is 4.90 Å². The first-order valence-electron chi connectivity index (χ1n) is 11.1. The molecule has 7 nitrogen and oxygen atoms in total. The van der Waals surface area contributed by atoms with Gasteiger partial charge in [-0.3, -0.25) is 19.3 Å². The van der Waals surface area contributed by atoms with E-state index in [0.29, 0.717) is 32.7 Å². The molecule has 0 atom stereocenters. The fourth-order valence-corrected chi connectivity index (χ4v) is 4.74. The minimum Gasteiger partial charge on any atom is -0.493 e. The summed E-state index contributed by atoms with van der Waals surface area (Å²) in [5.74, 6) is 0.0228. The van der Waals surface area contributed by atoms with E-state index >= 15 is 0 Å². The van der Waals surface area contributed by atoms with Crippen LogP contribution in [0.15, 0.2) is 70.0 Å². The topological polar surface area (TPSA) is 84.9 Å². The number of rotatable bonds is 8. The van der Waals surface area contributed by atoms with Crippen LogP contribution in [0.4, 0.5) is 10.5 Å². The molecule has 0 aromatic heterocycles. The molecule has 190 valence electrons. The Morgan fingerprint density at radius 2 is 1.84 bits per heavy atom. The number of nitrogens with zero attached hydrogens (tertiary/aromatic N) is 1. The van der Waals surface area contributed by atoms with Crippen LogP contribution >= 0.6 is 39.3 Å². The summed E-state index contributed by atoms with van der Waals surface area (Å²) in [4.78, 5) is 39.2. The second-order valence-corrected chi connectivity index (χ2v) is 10.4. The Morgan fingerprint density at radius 1 is 1.08 bits per heavy atom. The number of amides is 3. The monoisotopic (exact) mass is 600 g/mol. The van der Waals surface area contributed by atoms with Gasteiger partial charge in [-0.25, -0.2) is 0 Å². The summed E-state index contributed by atoms with van der Waals surface area (Å²) >= 11 is 10.3. The van der Waals surface area contributed by atoms with Gasteiger partial charge >= 0.3 is 0 Å². The number of hydrogen-bond donors (Lipinski definition) is 1. The molecule has 1 N–H and O–H groups in total. The zero-order valence-corrected chi connectivity index (χ0v) is 23.1. The van der Waals surface area contributed by atoms with Crippen molar-refractivity contribution in [3.63, 3.8) is 0 Å². The van der Waals surface area contributed by atoms with Gasteiger partial charge in [0, 0.05) is 10.2 Å². The summed E-state index contributed by atoms with van der Waals surface area (Å²) in [6.45, 7) is 1.94. The van der Waals surface area contributed by atoms with Gasteiger partial charge in [0.15, 0.2) is 18.1 Å². The zero-order valence-electron chi connectivity index (χ0n) is 19.9. The highest BCUT2D eigenvalue weighted by Gasteiger charge is 2.35. The second-order valence-electron chi connectivity index (χ2n) is 8.13. The molecule has 0 bridgehead atoms. The Morgan fingerprint density at radius 3 is 2.54 bits per heavy atom. The average molecular weight is 602 g/mol. The molecule has 0 spiro atoms. The van der Waals surface area contributed by atoms with Crippen molar-refractivity contribution in [2.45, 2.75) is 13.5 Å². The van der Waals surface area contributed by atoms with E-state index in [0.717, 1.165) is 27.4 Å². The fraction of sp³-hybridized carbons (Fsp3) is 0.148. The SMILES string of the molecule is COc1cc(/C=C2\SC(=O)N(Cc3ccc(C)cc3)C2=O)ccc1OCC(=O)Nc1ccc(Br)c(Cl)c1. The summed E-state index contributed by atoms with van der Waals surface area (Å²) in [5, 5.41) is 2.87. The van der Waals surface area contributed by atoms with Crippen LogP contribution in [0.1, 0.15) is 16.7 Å². The normalized spacial score (nSPS) is 14.3. The van der Waals surface area contributed by atoms with E-state index < -0.39 is 0 Å². The van der Waals surface area contributed by atoms with Gasteiger partial charge in [0.1, 0.15) is 0 Å². The van der Waals surface area contributed by atoms with Crippen LogP contribution < -0.4 is 14.8 Å². The molecule has 0 aliphatic carbocycles. The molecule has 1 aliphatic rings. The van der Waals surface area contributed by atoms with E-state index in [1.54, 1.807) is 42.5 Å². The first kappa shape index (κ1) is 26.8. The Labute approximate surface area is 231 Å². The van der Waals surface area contributed by atoms with Gasteiger partial charge in [-0.1, -0.05) is 47.5 Å². The number of hydrogen-bond acceptors (Lipinski definition) is 6. The summed E-state index contributed by atoms with van der Waals surface area (Å²) < 4.78 is 11.8. The second kappa shape index (κ2) is 11.9. The molecule has 0 saturated carbocycles. The summed E-state index contributed by atoms with van der Waals surface area (Å²) in [7, 11) is 1.48. The highest BCUT2D eigenvalue weighted by atomic mass is 79.9. The van der Waals surface area contributed by atoms with E-state index in [1.165, 1.54) is 12.0 Å². The molecule has 1 aliphatic heterocycles. The van der Waals surface area contributed by atoms with Gasteiger partial charge in [0.2, 0.25) is 0 Å². The smallest absolute Gasteiger partial charge is 0.293 e. The lowest BCUT2D eigenvalue weighted by atomic mass is 10.1. The molecule has 1 heterocycles.